The summed E-state index contributed by atoms with van der Waals surface area (Å²) in [5, 5.41) is 11.0. The molecule has 8 nitrogen and oxygen atoms in total. The summed E-state index contributed by atoms with van der Waals surface area (Å²) in [6, 6.07) is 6.94. The monoisotopic (exact) mass is 338 g/mol. The summed E-state index contributed by atoms with van der Waals surface area (Å²) in [6.45, 7) is 1.87. The third-order valence-electron chi connectivity index (χ3n) is 4.23. The van der Waals surface area contributed by atoms with E-state index < -0.39 is 0 Å². The van der Waals surface area contributed by atoms with Gasteiger partial charge in [-0.25, -0.2) is 4.98 Å². The Bertz CT molecular complexity index is 911. The van der Waals surface area contributed by atoms with Crippen molar-refractivity contribution in [3.05, 3.63) is 47.9 Å². The van der Waals surface area contributed by atoms with Crippen LogP contribution in [0.15, 0.2) is 35.1 Å². The lowest BCUT2D eigenvalue weighted by Crippen LogP contribution is -2.28. The van der Waals surface area contributed by atoms with Crippen LogP contribution in [0.1, 0.15) is 53.8 Å². The molecule has 0 saturated heterocycles. The molecule has 1 aliphatic rings. The zero-order valence-electron chi connectivity index (χ0n) is 14.0. The molecule has 1 aromatic carbocycles. The number of rotatable bonds is 5. The lowest BCUT2D eigenvalue weighted by Gasteiger charge is -2.13. The number of aryl methyl sites for hydroxylation is 1. The standard InChI is InChI=1S/C17H18N6O2/c1-10(15-18-9-19-23(15)2)20-16(24)13-5-3-4-12(8-13)14-21-17(25-22-14)11-6-7-11/h3-5,8-11H,6-7H2,1-2H3,(H,20,24)/t10-/m0/s1. The van der Waals surface area contributed by atoms with Gasteiger partial charge >= 0.3 is 0 Å². The van der Waals surface area contributed by atoms with Gasteiger partial charge in [-0.05, 0) is 31.9 Å². The summed E-state index contributed by atoms with van der Waals surface area (Å²) >= 11 is 0. The Morgan fingerprint density at radius 1 is 1.40 bits per heavy atom. The first-order valence-corrected chi connectivity index (χ1v) is 8.20. The Morgan fingerprint density at radius 2 is 2.24 bits per heavy atom. The van der Waals surface area contributed by atoms with Crippen LogP contribution in [0.3, 0.4) is 0 Å². The van der Waals surface area contributed by atoms with Crippen LogP contribution in [-0.2, 0) is 7.05 Å². The van der Waals surface area contributed by atoms with Crippen molar-refractivity contribution in [3.8, 4) is 11.4 Å². The van der Waals surface area contributed by atoms with Crippen LogP contribution in [-0.4, -0.2) is 30.8 Å². The van der Waals surface area contributed by atoms with Crippen LogP contribution in [0.4, 0.5) is 0 Å². The van der Waals surface area contributed by atoms with Crippen molar-refractivity contribution in [2.24, 2.45) is 7.05 Å². The number of aromatic nitrogens is 5. The van der Waals surface area contributed by atoms with Crippen molar-refractivity contribution in [1.29, 1.82) is 0 Å². The highest BCUT2D eigenvalue weighted by Crippen LogP contribution is 2.39. The van der Waals surface area contributed by atoms with Gasteiger partial charge in [0.05, 0.1) is 6.04 Å². The van der Waals surface area contributed by atoms with Gasteiger partial charge in [0.25, 0.3) is 5.91 Å². The predicted molar refractivity (Wildman–Crippen MR) is 88.6 cm³/mol. The summed E-state index contributed by atoms with van der Waals surface area (Å²) in [5.41, 5.74) is 1.29. The van der Waals surface area contributed by atoms with E-state index >= 15 is 0 Å². The van der Waals surface area contributed by atoms with E-state index in [1.54, 1.807) is 23.9 Å². The molecule has 0 spiro atoms. The first-order valence-electron chi connectivity index (χ1n) is 8.20. The summed E-state index contributed by atoms with van der Waals surface area (Å²) in [5.74, 6) is 2.10. The van der Waals surface area contributed by atoms with Crippen LogP contribution >= 0.6 is 0 Å². The molecule has 0 aliphatic heterocycles. The van der Waals surface area contributed by atoms with E-state index in [1.807, 2.05) is 19.1 Å². The van der Waals surface area contributed by atoms with Crippen LogP contribution in [0.2, 0.25) is 0 Å². The third kappa shape index (κ3) is 3.15. The fourth-order valence-corrected chi connectivity index (χ4v) is 2.69. The number of nitrogens with zero attached hydrogens (tertiary/aromatic N) is 5. The number of hydrogen-bond donors (Lipinski definition) is 1. The van der Waals surface area contributed by atoms with Crippen molar-refractivity contribution in [3.63, 3.8) is 0 Å². The molecule has 0 bridgehead atoms. The molecule has 1 amide bonds. The van der Waals surface area contributed by atoms with Gasteiger partial charge in [0.1, 0.15) is 12.2 Å². The number of hydrogen-bond acceptors (Lipinski definition) is 6. The van der Waals surface area contributed by atoms with Gasteiger partial charge in [0.15, 0.2) is 0 Å². The maximum atomic E-state index is 12.5. The Hall–Kier alpha value is -3.03. The molecule has 128 valence electrons. The maximum absolute atomic E-state index is 12.5. The van der Waals surface area contributed by atoms with E-state index in [2.05, 4.69) is 25.5 Å². The fraction of sp³-hybridized carbons (Fsp3) is 0.353. The molecular formula is C17H18N6O2. The van der Waals surface area contributed by atoms with E-state index in [0.717, 1.165) is 18.4 Å². The van der Waals surface area contributed by atoms with Gasteiger partial charge in [-0.3, -0.25) is 9.48 Å². The minimum absolute atomic E-state index is 0.191. The van der Waals surface area contributed by atoms with Gasteiger partial charge in [0, 0.05) is 24.1 Å². The van der Waals surface area contributed by atoms with Crippen molar-refractivity contribution in [1.82, 2.24) is 30.2 Å². The highest BCUT2D eigenvalue weighted by Gasteiger charge is 2.29. The van der Waals surface area contributed by atoms with E-state index in [4.69, 9.17) is 4.52 Å². The van der Waals surface area contributed by atoms with Crippen LogP contribution in [0, 0.1) is 0 Å². The molecule has 8 heteroatoms. The second-order valence-corrected chi connectivity index (χ2v) is 6.25. The minimum atomic E-state index is -0.254. The van der Waals surface area contributed by atoms with Gasteiger partial charge in [-0.15, -0.1) is 0 Å². The second-order valence-electron chi connectivity index (χ2n) is 6.25. The van der Waals surface area contributed by atoms with Gasteiger partial charge in [0.2, 0.25) is 11.7 Å². The van der Waals surface area contributed by atoms with E-state index in [0.29, 0.717) is 29.0 Å². The highest BCUT2D eigenvalue weighted by atomic mass is 16.5. The molecule has 1 atom stereocenters. The quantitative estimate of drug-likeness (QED) is 0.766. The van der Waals surface area contributed by atoms with Crippen molar-refractivity contribution in [2.45, 2.75) is 31.7 Å². The first-order chi connectivity index (χ1) is 12.1. The smallest absolute Gasteiger partial charge is 0.251 e. The zero-order chi connectivity index (χ0) is 17.4. The molecule has 1 fully saturated rings. The van der Waals surface area contributed by atoms with E-state index in [1.165, 1.54) is 6.33 Å². The molecule has 2 aromatic heterocycles. The van der Waals surface area contributed by atoms with Crippen LogP contribution in [0.5, 0.6) is 0 Å². The zero-order valence-corrected chi connectivity index (χ0v) is 14.0. The maximum Gasteiger partial charge on any atom is 0.251 e. The Morgan fingerprint density at radius 3 is 2.96 bits per heavy atom. The largest absolute Gasteiger partial charge is 0.342 e. The number of amides is 1. The Labute approximate surface area is 144 Å². The number of carbonyl (C=O) groups is 1. The molecule has 2 heterocycles. The summed E-state index contributed by atoms with van der Waals surface area (Å²) in [7, 11) is 1.79. The lowest BCUT2D eigenvalue weighted by molar-refractivity contribution is 0.0937. The SMILES string of the molecule is C[C@H](NC(=O)c1cccc(-c2noc(C3CC3)n2)c1)c1ncnn1C. The summed E-state index contributed by atoms with van der Waals surface area (Å²) < 4.78 is 6.93. The van der Waals surface area contributed by atoms with E-state index in [9.17, 15) is 4.79 Å². The molecular weight excluding hydrogens is 320 g/mol. The summed E-state index contributed by atoms with van der Waals surface area (Å²) in [4.78, 5) is 21.1. The van der Waals surface area contributed by atoms with Crippen molar-refractivity contribution in [2.75, 3.05) is 0 Å². The number of carbonyl (C=O) groups excluding carboxylic acids is 1. The molecule has 0 radical (unpaired) electrons. The minimum Gasteiger partial charge on any atom is -0.342 e. The summed E-state index contributed by atoms with van der Waals surface area (Å²) in [6.07, 6.45) is 3.67. The molecule has 3 aromatic rings. The lowest BCUT2D eigenvalue weighted by atomic mass is 10.1. The van der Waals surface area contributed by atoms with Crippen molar-refractivity contribution < 1.29 is 9.32 Å². The predicted octanol–water partition coefficient (Wildman–Crippen LogP) is 2.23. The number of nitrogens with one attached hydrogen (secondary N) is 1. The van der Waals surface area contributed by atoms with Gasteiger partial charge in [-0.2, -0.15) is 10.1 Å². The van der Waals surface area contributed by atoms with Crippen molar-refractivity contribution >= 4 is 5.91 Å². The van der Waals surface area contributed by atoms with Crippen LogP contribution in [0.25, 0.3) is 11.4 Å². The van der Waals surface area contributed by atoms with Gasteiger partial charge in [-0.1, -0.05) is 17.3 Å². The van der Waals surface area contributed by atoms with Gasteiger partial charge < -0.3 is 9.84 Å². The first kappa shape index (κ1) is 15.5. The molecule has 4 rings (SSSR count). The molecule has 1 aliphatic carbocycles. The average Bonchev–Trinajstić information content (AvgIpc) is 3.18. The van der Waals surface area contributed by atoms with E-state index in [-0.39, 0.29) is 11.9 Å². The third-order valence-corrected chi connectivity index (χ3v) is 4.23. The molecule has 0 unspecified atom stereocenters. The van der Waals surface area contributed by atoms with Crippen LogP contribution < -0.4 is 5.32 Å². The molecule has 1 N–H and O–H groups in total. The Balaban J connectivity index is 1.52. The fourth-order valence-electron chi connectivity index (χ4n) is 2.69. The molecule has 1 saturated carbocycles. The number of benzene rings is 1. The average molecular weight is 338 g/mol. The normalized spacial score (nSPS) is 15.1. The Kier molecular flexibility index (Phi) is 3.79. The highest BCUT2D eigenvalue weighted by molar-refractivity contribution is 5.95. The topological polar surface area (TPSA) is 98.7 Å². The molecule has 25 heavy (non-hydrogen) atoms. The second kappa shape index (κ2) is 6.12.